The van der Waals surface area contributed by atoms with Gasteiger partial charge < -0.3 is 24.7 Å². The first-order valence-electron chi connectivity index (χ1n) is 13.6. The molecule has 12 nitrogen and oxygen atoms in total. The summed E-state index contributed by atoms with van der Waals surface area (Å²) in [5, 5.41) is 19.1. The summed E-state index contributed by atoms with van der Waals surface area (Å²) >= 11 is 0. The van der Waals surface area contributed by atoms with E-state index in [1.807, 2.05) is 6.07 Å². The second kappa shape index (κ2) is 12.7. The number of β-lactam (4-membered cyclic amide) rings is 1. The second-order valence-electron chi connectivity index (χ2n) is 11.7. The molecule has 2 aromatic carbocycles. The Labute approximate surface area is 245 Å². The number of hydrazine groups is 1. The van der Waals surface area contributed by atoms with Gasteiger partial charge in [-0.15, -0.1) is 0 Å². The lowest BCUT2D eigenvalue weighted by Gasteiger charge is -2.52. The Bertz CT molecular complexity index is 1320. The van der Waals surface area contributed by atoms with Gasteiger partial charge in [0.1, 0.15) is 17.7 Å². The highest BCUT2D eigenvalue weighted by Gasteiger charge is 2.62. The zero-order chi connectivity index (χ0) is 30.5. The number of hydrogen-bond donors (Lipinski definition) is 3. The van der Waals surface area contributed by atoms with Crippen LogP contribution in [0.25, 0.3) is 0 Å². The standard InChI is InChI=1S/C29H36N4O8Si/c1-29(38)21(40-27(36)20-13-9-6-10-14-20)18-30-41-25(29)24-23(31-22(34)17-19-11-7-5-8-12-19)26(35)33(24)32-28(37)39-15-16-42(2,3)4/h5-14,18,21,23-25,38H,15-17H2,1-4H3,(H,31,34)(H,32,37)/t21-,23-,24?,25+,29-/m1/s1. The third-order valence-corrected chi connectivity index (χ3v) is 8.74. The van der Waals surface area contributed by atoms with Crippen molar-refractivity contribution in [1.29, 1.82) is 0 Å². The molecule has 2 heterocycles. The summed E-state index contributed by atoms with van der Waals surface area (Å²) in [6.45, 7) is 7.94. The van der Waals surface area contributed by atoms with Crippen LogP contribution >= 0.6 is 0 Å². The van der Waals surface area contributed by atoms with E-state index in [9.17, 15) is 24.3 Å². The second-order valence-corrected chi connectivity index (χ2v) is 17.3. The molecule has 0 radical (unpaired) electrons. The summed E-state index contributed by atoms with van der Waals surface area (Å²) in [7, 11) is -1.48. The van der Waals surface area contributed by atoms with Gasteiger partial charge in [0, 0.05) is 8.07 Å². The first kappa shape index (κ1) is 30.7. The number of nitrogens with zero attached hydrogens (tertiary/aromatic N) is 2. The summed E-state index contributed by atoms with van der Waals surface area (Å²) < 4.78 is 10.8. The molecule has 1 saturated heterocycles. The number of oxime groups is 1. The molecule has 4 rings (SSSR count). The van der Waals surface area contributed by atoms with Gasteiger partial charge in [-0.3, -0.25) is 9.59 Å². The van der Waals surface area contributed by atoms with Gasteiger partial charge in [-0.25, -0.2) is 20.0 Å². The van der Waals surface area contributed by atoms with Gasteiger partial charge in [0.15, 0.2) is 12.2 Å². The lowest BCUT2D eigenvalue weighted by atomic mass is 9.80. The van der Waals surface area contributed by atoms with Crippen molar-refractivity contribution in [2.75, 3.05) is 6.61 Å². The average molecular weight is 597 g/mol. The summed E-state index contributed by atoms with van der Waals surface area (Å²) in [4.78, 5) is 57.0. The minimum Gasteiger partial charge on any atom is -0.450 e. The quantitative estimate of drug-likeness (QED) is 0.214. The van der Waals surface area contributed by atoms with Crippen LogP contribution < -0.4 is 10.7 Å². The molecule has 224 valence electrons. The Balaban J connectivity index is 1.52. The average Bonchev–Trinajstić information content (AvgIpc) is 2.94. The van der Waals surface area contributed by atoms with Crippen molar-refractivity contribution in [3.63, 3.8) is 0 Å². The predicted molar refractivity (Wildman–Crippen MR) is 155 cm³/mol. The number of nitrogens with one attached hydrogen (secondary N) is 2. The van der Waals surface area contributed by atoms with E-state index in [2.05, 4.69) is 35.5 Å². The Morgan fingerprint density at radius 1 is 1.07 bits per heavy atom. The normalized spacial score (nSPS) is 25.1. The fraction of sp³-hybridized carbons (Fsp3) is 0.414. The highest BCUT2D eigenvalue weighted by atomic mass is 28.3. The monoisotopic (exact) mass is 596 g/mol. The lowest BCUT2D eigenvalue weighted by molar-refractivity contribution is -0.207. The molecule has 2 aliphatic rings. The molecule has 42 heavy (non-hydrogen) atoms. The molecule has 1 fully saturated rings. The maximum atomic E-state index is 13.2. The molecule has 3 N–H and O–H groups in total. The molecular formula is C29H36N4O8Si. The molecule has 13 heteroatoms. The number of benzene rings is 2. The molecule has 0 aliphatic carbocycles. The molecule has 0 aromatic heterocycles. The van der Waals surface area contributed by atoms with Gasteiger partial charge in [-0.1, -0.05) is 73.3 Å². The largest absolute Gasteiger partial charge is 0.450 e. The molecule has 0 saturated carbocycles. The van der Waals surface area contributed by atoms with Crippen molar-refractivity contribution < 1.29 is 38.6 Å². The van der Waals surface area contributed by atoms with Gasteiger partial charge in [0.2, 0.25) is 5.91 Å². The number of ether oxygens (including phenoxy) is 2. The van der Waals surface area contributed by atoms with Crippen LogP contribution in [0.1, 0.15) is 22.8 Å². The number of aliphatic hydroxyl groups is 1. The highest BCUT2D eigenvalue weighted by molar-refractivity contribution is 6.76. The maximum absolute atomic E-state index is 13.2. The minimum atomic E-state index is -1.93. The van der Waals surface area contributed by atoms with Gasteiger partial charge in [-0.05, 0) is 30.7 Å². The Morgan fingerprint density at radius 2 is 1.71 bits per heavy atom. The third kappa shape index (κ3) is 7.34. The number of esters is 1. The van der Waals surface area contributed by atoms with Crippen LogP contribution in [0.5, 0.6) is 0 Å². The molecule has 0 spiro atoms. The maximum Gasteiger partial charge on any atom is 0.426 e. The van der Waals surface area contributed by atoms with Crippen molar-refractivity contribution in [1.82, 2.24) is 15.8 Å². The Hall–Kier alpha value is -4.23. The minimum absolute atomic E-state index is 0.000878. The number of hydrogen-bond acceptors (Lipinski definition) is 9. The van der Waals surface area contributed by atoms with E-state index < -0.39 is 61.8 Å². The lowest BCUT2D eigenvalue weighted by Crippen LogP contribution is -2.81. The fourth-order valence-corrected chi connectivity index (χ4v) is 5.29. The summed E-state index contributed by atoms with van der Waals surface area (Å²) in [5.41, 5.74) is 1.48. The van der Waals surface area contributed by atoms with E-state index in [1.54, 1.807) is 54.6 Å². The first-order valence-corrected chi connectivity index (χ1v) is 17.3. The SMILES string of the molecule is C[C@@]1(O)[C@H](OC(=O)c2ccccc2)C=NO[C@H]1C1[C@@H](NC(=O)Cc2ccccc2)C(=O)N1NC(=O)OCC[Si](C)(C)C. The fourth-order valence-electron chi connectivity index (χ4n) is 4.57. The van der Waals surface area contributed by atoms with E-state index in [0.29, 0.717) is 0 Å². The van der Waals surface area contributed by atoms with Gasteiger partial charge in [-0.2, -0.15) is 0 Å². The Morgan fingerprint density at radius 3 is 2.36 bits per heavy atom. The van der Waals surface area contributed by atoms with Crippen molar-refractivity contribution in [3.05, 3.63) is 71.8 Å². The summed E-state index contributed by atoms with van der Waals surface area (Å²) in [5.74, 6) is -1.80. The van der Waals surface area contributed by atoms with Crippen LogP contribution in [0.15, 0.2) is 65.8 Å². The van der Waals surface area contributed by atoms with Crippen molar-refractivity contribution in [2.24, 2.45) is 5.16 Å². The molecular weight excluding hydrogens is 560 g/mol. The van der Waals surface area contributed by atoms with Gasteiger partial charge >= 0.3 is 12.1 Å². The van der Waals surface area contributed by atoms with E-state index in [-0.39, 0.29) is 18.6 Å². The van der Waals surface area contributed by atoms with Crippen LogP contribution in [0.2, 0.25) is 25.7 Å². The summed E-state index contributed by atoms with van der Waals surface area (Å²) in [6.07, 6.45) is -2.32. The molecule has 1 unspecified atom stereocenters. The van der Waals surface area contributed by atoms with Crippen LogP contribution in [0.3, 0.4) is 0 Å². The number of rotatable bonds is 10. The molecule has 2 aromatic rings. The van der Waals surface area contributed by atoms with E-state index in [4.69, 9.17) is 14.3 Å². The number of carbonyl (C=O) groups excluding carboxylic acids is 4. The zero-order valence-corrected chi connectivity index (χ0v) is 25.0. The molecule has 5 atom stereocenters. The van der Waals surface area contributed by atoms with E-state index in [1.165, 1.54) is 6.92 Å². The molecule has 2 aliphatic heterocycles. The van der Waals surface area contributed by atoms with Crippen LogP contribution in [0.4, 0.5) is 4.79 Å². The predicted octanol–water partition coefficient (Wildman–Crippen LogP) is 2.27. The van der Waals surface area contributed by atoms with Crippen molar-refractivity contribution in [3.8, 4) is 0 Å². The highest BCUT2D eigenvalue weighted by Crippen LogP contribution is 2.34. The van der Waals surface area contributed by atoms with E-state index >= 15 is 0 Å². The first-order chi connectivity index (χ1) is 19.9. The number of amides is 3. The van der Waals surface area contributed by atoms with Crippen molar-refractivity contribution in [2.45, 2.75) is 68.9 Å². The third-order valence-electron chi connectivity index (χ3n) is 7.04. The van der Waals surface area contributed by atoms with Gasteiger partial charge in [0.25, 0.3) is 5.91 Å². The Kier molecular flexibility index (Phi) is 9.32. The van der Waals surface area contributed by atoms with Crippen molar-refractivity contribution >= 4 is 38.2 Å². The smallest absolute Gasteiger partial charge is 0.426 e. The van der Waals surface area contributed by atoms with Gasteiger partial charge in [0.05, 0.1) is 24.8 Å². The number of carbonyl (C=O) groups is 4. The van der Waals surface area contributed by atoms with Crippen LogP contribution in [-0.4, -0.2) is 84.8 Å². The van der Waals surface area contributed by atoms with E-state index in [0.717, 1.165) is 22.8 Å². The topological polar surface area (TPSA) is 156 Å². The molecule has 0 bridgehead atoms. The zero-order valence-electron chi connectivity index (χ0n) is 24.0. The summed E-state index contributed by atoms with van der Waals surface area (Å²) in [6, 6.07) is 15.6. The van der Waals surface area contributed by atoms with Crippen LogP contribution in [0, 0.1) is 0 Å². The molecule has 3 amide bonds. The van der Waals surface area contributed by atoms with Crippen LogP contribution in [-0.2, 0) is 30.3 Å².